The van der Waals surface area contributed by atoms with Crippen LogP contribution in [-0.2, 0) is 15.9 Å². The van der Waals surface area contributed by atoms with Crippen LogP contribution in [0.15, 0.2) is 36.4 Å². The molecular formula is C17H10Cl2F3NO4. The van der Waals surface area contributed by atoms with Crippen molar-refractivity contribution >= 4 is 29.2 Å². The Morgan fingerprint density at radius 1 is 1.15 bits per heavy atom. The summed E-state index contributed by atoms with van der Waals surface area (Å²) in [6, 6.07) is 8.70. The molecule has 5 nitrogen and oxygen atoms in total. The molecule has 142 valence electrons. The van der Waals surface area contributed by atoms with E-state index in [2.05, 4.69) is 4.89 Å². The molecule has 10 heteroatoms. The second-order valence-electron chi connectivity index (χ2n) is 5.18. The van der Waals surface area contributed by atoms with E-state index in [9.17, 15) is 18.0 Å². The minimum atomic E-state index is -4.61. The third-order valence-electron chi connectivity index (χ3n) is 3.12. The van der Waals surface area contributed by atoms with Crippen LogP contribution in [0.25, 0.3) is 0 Å². The van der Waals surface area contributed by atoms with Gasteiger partial charge >= 0.3 is 12.1 Å². The lowest BCUT2D eigenvalue weighted by Crippen LogP contribution is -2.15. The van der Waals surface area contributed by atoms with Crippen LogP contribution in [0.1, 0.15) is 12.5 Å². The van der Waals surface area contributed by atoms with Gasteiger partial charge in [0.2, 0.25) is 0 Å². The lowest BCUT2D eigenvalue weighted by atomic mass is 10.2. The minimum absolute atomic E-state index is 0.0464. The van der Waals surface area contributed by atoms with Gasteiger partial charge in [0.05, 0.1) is 21.7 Å². The van der Waals surface area contributed by atoms with Crippen LogP contribution in [0.3, 0.4) is 0 Å². The maximum Gasteiger partial charge on any atom is 0.416 e. The van der Waals surface area contributed by atoms with Crippen LogP contribution in [0.4, 0.5) is 13.2 Å². The van der Waals surface area contributed by atoms with Crippen molar-refractivity contribution in [2.45, 2.75) is 13.1 Å². The third kappa shape index (κ3) is 5.42. The van der Waals surface area contributed by atoms with Gasteiger partial charge in [-0.2, -0.15) is 18.4 Å². The van der Waals surface area contributed by atoms with Crippen molar-refractivity contribution in [1.29, 1.82) is 5.26 Å². The Morgan fingerprint density at radius 2 is 1.74 bits per heavy atom. The largest absolute Gasteiger partial charge is 0.454 e. The quantitative estimate of drug-likeness (QED) is 0.452. The Bertz CT molecular complexity index is 873. The van der Waals surface area contributed by atoms with E-state index in [1.54, 1.807) is 6.07 Å². The number of carbonyl (C=O) groups is 1. The van der Waals surface area contributed by atoms with Crippen LogP contribution in [-0.4, -0.2) is 5.97 Å². The highest BCUT2D eigenvalue weighted by Gasteiger charge is 2.32. The molecule has 1 unspecified atom stereocenters. The molecule has 2 aromatic rings. The Hall–Kier alpha value is -2.63. The van der Waals surface area contributed by atoms with Gasteiger partial charge in [-0.1, -0.05) is 29.3 Å². The fourth-order valence-corrected chi connectivity index (χ4v) is 2.31. The van der Waals surface area contributed by atoms with Crippen molar-refractivity contribution in [2.75, 3.05) is 0 Å². The standard InChI is InChI=1S/C17H10Cl2F3NO4/c1-9(8-23)16(24)27-26-12-4-2-3-11(7-12)25-15-13(18)5-10(6-14(15)19)17(20,21)22/h2-7,9H,1H3. The molecule has 1 atom stereocenters. The van der Waals surface area contributed by atoms with Crippen LogP contribution in [0.5, 0.6) is 17.2 Å². The lowest BCUT2D eigenvalue weighted by molar-refractivity contribution is -0.216. The zero-order chi connectivity index (χ0) is 20.2. The number of benzene rings is 2. The molecule has 0 N–H and O–H groups in total. The van der Waals surface area contributed by atoms with E-state index in [1.165, 1.54) is 31.2 Å². The fraction of sp³-hybridized carbons (Fsp3) is 0.176. The van der Waals surface area contributed by atoms with Crippen molar-refractivity contribution in [1.82, 2.24) is 0 Å². The molecule has 0 spiro atoms. The van der Waals surface area contributed by atoms with Crippen molar-refractivity contribution in [3.05, 3.63) is 52.0 Å². The monoisotopic (exact) mass is 419 g/mol. The average Bonchev–Trinajstić information content (AvgIpc) is 2.61. The number of carbonyl (C=O) groups excluding carboxylic acids is 1. The molecule has 0 radical (unpaired) electrons. The van der Waals surface area contributed by atoms with Gasteiger partial charge in [0.15, 0.2) is 11.5 Å². The number of halogens is 5. The Balaban J connectivity index is 2.17. The zero-order valence-corrected chi connectivity index (χ0v) is 15.0. The number of ether oxygens (including phenoxy) is 1. The fourth-order valence-electron chi connectivity index (χ4n) is 1.74. The SMILES string of the molecule is CC(C#N)C(=O)OOc1cccc(Oc2c(Cl)cc(C(F)(F)F)cc2Cl)c1. The van der Waals surface area contributed by atoms with Crippen molar-refractivity contribution in [2.24, 2.45) is 5.92 Å². The van der Waals surface area contributed by atoms with Gasteiger partial charge in [0, 0.05) is 6.07 Å². The van der Waals surface area contributed by atoms with Gasteiger partial charge < -0.3 is 4.74 Å². The molecule has 0 aromatic heterocycles. The van der Waals surface area contributed by atoms with E-state index in [4.69, 9.17) is 38.1 Å². The molecule has 0 saturated heterocycles. The summed E-state index contributed by atoms with van der Waals surface area (Å²) in [5.74, 6) is -1.93. The highest BCUT2D eigenvalue weighted by molar-refractivity contribution is 6.37. The van der Waals surface area contributed by atoms with E-state index in [-0.39, 0.29) is 27.3 Å². The molecule has 0 aliphatic carbocycles. The summed E-state index contributed by atoms with van der Waals surface area (Å²) >= 11 is 11.7. The number of hydrogen-bond donors (Lipinski definition) is 0. The van der Waals surface area contributed by atoms with Gasteiger partial charge in [-0.05, 0) is 31.2 Å². The number of rotatable bonds is 5. The molecule has 2 rings (SSSR count). The van der Waals surface area contributed by atoms with Crippen LogP contribution < -0.4 is 9.62 Å². The first-order valence-electron chi connectivity index (χ1n) is 7.24. The van der Waals surface area contributed by atoms with E-state index in [0.29, 0.717) is 12.1 Å². The third-order valence-corrected chi connectivity index (χ3v) is 3.68. The molecular weight excluding hydrogens is 410 g/mol. The maximum absolute atomic E-state index is 12.8. The second-order valence-corrected chi connectivity index (χ2v) is 5.99. The molecule has 0 bridgehead atoms. The van der Waals surface area contributed by atoms with Gasteiger partial charge in [-0.3, -0.25) is 4.89 Å². The summed E-state index contributed by atoms with van der Waals surface area (Å²) in [5, 5.41) is 7.94. The molecule has 27 heavy (non-hydrogen) atoms. The van der Waals surface area contributed by atoms with Gasteiger partial charge in [-0.15, -0.1) is 0 Å². The van der Waals surface area contributed by atoms with Gasteiger partial charge in [0.25, 0.3) is 0 Å². The Morgan fingerprint density at radius 3 is 2.30 bits per heavy atom. The minimum Gasteiger partial charge on any atom is -0.454 e. The van der Waals surface area contributed by atoms with Crippen LogP contribution >= 0.6 is 23.2 Å². The number of nitrogens with zero attached hydrogens (tertiary/aromatic N) is 1. The predicted octanol–water partition coefficient (Wildman–Crippen LogP) is 5.80. The van der Waals surface area contributed by atoms with Crippen molar-refractivity contribution in [3.8, 4) is 23.3 Å². The highest BCUT2D eigenvalue weighted by Crippen LogP contribution is 2.42. The normalized spacial score (nSPS) is 12.0. The lowest BCUT2D eigenvalue weighted by Gasteiger charge is -2.13. The first kappa shape index (κ1) is 20.7. The Kier molecular flexibility index (Phi) is 6.41. The summed E-state index contributed by atoms with van der Waals surface area (Å²) in [5.41, 5.74) is -1.01. The summed E-state index contributed by atoms with van der Waals surface area (Å²) < 4.78 is 43.7. The van der Waals surface area contributed by atoms with Crippen LogP contribution in [0, 0.1) is 17.2 Å². The Labute approximate surface area is 161 Å². The smallest absolute Gasteiger partial charge is 0.416 e. The molecule has 0 fully saturated rings. The summed E-state index contributed by atoms with van der Waals surface area (Å²) in [6.07, 6.45) is -4.61. The second kappa shape index (κ2) is 8.37. The van der Waals surface area contributed by atoms with Crippen molar-refractivity contribution < 1.29 is 32.5 Å². The average molecular weight is 420 g/mol. The zero-order valence-electron chi connectivity index (χ0n) is 13.5. The van der Waals surface area contributed by atoms with E-state index in [1.807, 2.05) is 0 Å². The molecule has 0 aliphatic heterocycles. The number of hydrogen-bond acceptors (Lipinski definition) is 5. The molecule has 0 aliphatic rings. The molecule has 0 heterocycles. The highest BCUT2D eigenvalue weighted by atomic mass is 35.5. The summed E-state index contributed by atoms with van der Waals surface area (Å²) in [6.45, 7) is 1.33. The molecule has 0 saturated carbocycles. The first-order chi connectivity index (χ1) is 12.6. The van der Waals surface area contributed by atoms with Gasteiger partial charge in [0.1, 0.15) is 11.7 Å². The topological polar surface area (TPSA) is 68.6 Å². The molecule has 0 amide bonds. The molecule has 2 aromatic carbocycles. The predicted molar refractivity (Wildman–Crippen MR) is 89.5 cm³/mol. The summed E-state index contributed by atoms with van der Waals surface area (Å²) in [4.78, 5) is 20.7. The van der Waals surface area contributed by atoms with E-state index < -0.39 is 23.6 Å². The first-order valence-corrected chi connectivity index (χ1v) is 7.99. The van der Waals surface area contributed by atoms with E-state index in [0.717, 1.165) is 0 Å². The maximum atomic E-state index is 12.8. The van der Waals surface area contributed by atoms with E-state index >= 15 is 0 Å². The summed E-state index contributed by atoms with van der Waals surface area (Å²) in [7, 11) is 0. The number of nitriles is 1. The number of alkyl halides is 3. The van der Waals surface area contributed by atoms with Crippen molar-refractivity contribution in [3.63, 3.8) is 0 Å². The van der Waals surface area contributed by atoms with Crippen LogP contribution in [0.2, 0.25) is 10.0 Å². The van der Waals surface area contributed by atoms with Gasteiger partial charge in [-0.25, -0.2) is 9.68 Å².